The van der Waals surface area contributed by atoms with Gasteiger partial charge in [0.15, 0.2) is 0 Å². The summed E-state index contributed by atoms with van der Waals surface area (Å²) in [6, 6.07) is 9.69. The van der Waals surface area contributed by atoms with Crippen LogP contribution in [0.25, 0.3) is 16.5 Å². The zero-order valence-corrected chi connectivity index (χ0v) is 16.2. The minimum absolute atomic E-state index is 0.183. The maximum atomic E-state index is 12.7. The molecule has 148 valence electrons. The molecule has 0 bridgehead atoms. The largest absolute Gasteiger partial charge is 0.361 e. The number of hydrogen-bond donors (Lipinski definition) is 1. The molecule has 0 spiro atoms. The van der Waals surface area contributed by atoms with E-state index in [1.807, 2.05) is 37.3 Å². The van der Waals surface area contributed by atoms with Crippen molar-refractivity contribution in [3.8, 4) is 5.69 Å². The molecule has 5 rings (SSSR count). The van der Waals surface area contributed by atoms with Crippen LogP contribution in [0.3, 0.4) is 0 Å². The fourth-order valence-corrected chi connectivity index (χ4v) is 4.12. The van der Waals surface area contributed by atoms with Crippen LogP contribution in [-0.2, 0) is 6.54 Å². The van der Waals surface area contributed by atoms with Crippen molar-refractivity contribution in [3.05, 3.63) is 70.5 Å². The van der Waals surface area contributed by atoms with E-state index in [2.05, 4.69) is 25.1 Å². The molecule has 1 aliphatic heterocycles. The summed E-state index contributed by atoms with van der Waals surface area (Å²) in [5.41, 5.74) is 1.49. The lowest BCUT2D eigenvalue weighted by Gasteiger charge is -2.30. The van der Waals surface area contributed by atoms with Crippen molar-refractivity contribution >= 4 is 10.8 Å². The van der Waals surface area contributed by atoms with E-state index in [4.69, 9.17) is 4.52 Å². The predicted octanol–water partition coefficient (Wildman–Crippen LogP) is 2.78. The average molecular weight is 390 g/mol. The standard InChI is InChI=1S/C21H22N6O2/c1-14-10-17(25-29-14)13-26-9-3-5-16(12-26)20-23-21(28)27(24-20)19-6-2-4-15-11-22-8-7-18(15)19/h2,4,6-8,10-11,16H,3,5,9,12-13H2,1H3,(H,23,24,28). The summed E-state index contributed by atoms with van der Waals surface area (Å²) in [6.45, 7) is 4.48. The van der Waals surface area contributed by atoms with E-state index in [1.165, 1.54) is 4.68 Å². The lowest BCUT2D eigenvalue weighted by atomic mass is 9.97. The Morgan fingerprint density at radius 1 is 1.31 bits per heavy atom. The molecule has 3 aromatic heterocycles. The van der Waals surface area contributed by atoms with Gasteiger partial charge in [-0.15, -0.1) is 5.10 Å². The number of aryl methyl sites for hydroxylation is 1. The molecular formula is C21H22N6O2. The molecule has 8 heteroatoms. The first-order valence-electron chi connectivity index (χ1n) is 9.84. The van der Waals surface area contributed by atoms with Gasteiger partial charge in [-0.25, -0.2) is 4.79 Å². The van der Waals surface area contributed by atoms with Gasteiger partial charge in [-0.1, -0.05) is 17.3 Å². The minimum Gasteiger partial charge on any atom is -0.361 e. The van der Waals surface area contributed by atoms with Gasteiger partial charge in [-0.05, 0) is 38.4 Å². The number of piperidine rings is 1. The molecule has 8 nitrogen and oxygen atoms in total. The zero-order chi connectivity index (χ0) is 19.8. The second-order valence-corrected chi connectivity index (χ2v) is 7.60. The van der Waals surface area contributed by atoms with Crippen LogP contribution in [0.2, 0.25) is 0 Å². The second-order valence-electron chi connectivity index (χ2n) is 7.60. The first-order valence-corrected chi connectivity index (χ1v) is 9.84. The van der Waals surface area contributed by atoms with Crippen molar-refractivity contribution in [3.63, 3.8) is 0 Å². The molecule has 29 heavy (non-hydrogen) atoms. The normalized spacial score (nSPS) is 17.8. The van der Waals surface area contributed by atoms with Gasteiger partial charge >= 0.3 is 5.69 Å². The summed E-state index contributed by atoms with van der Waals surface area (Å²) in [6.07, 6.45) is 5.58. The maximum absolute atomic E-state index is 12.7. The average Bonchev–Trinajstić information content (AvgIpc) is 3.33. The number of aromatic nitrogens is 5. The number of hydrogen-bond acceptors (Lipinski definition) is 6. The van der Waals surface area contributed by atoms with Gasteiger partial charge in [0.1, 0.15) is 11.6 Å². The van der Waals surface area contributed by atoms with Crippen LogP contribution in [0.15, 0.2) is 52.0 Å². The lowest BCUT2D eigenvalue weighted by Crippen LogP contribution is -2.34. The summed E-state index contributed by atoms with van der Waals surface area (Å²) in [5.74, 6) is 1.74. The van der Waals surface area contributed by atoms with E-state index in [9.17, 15) is 4.79 Å². The monoisotopic (exact) mass is 390 g/mol. The molecule has 0 amide bonds. The number of nitrogens with zero attached hydrogens (tertiary/aromatic N) is 5. The number of rotatable bonds is 4. The van der Waals surface area contributed by atoms with Crippen molar-refractivity contribution in [1.29, 1.82) is 0 Å². The van der Waals surface area contributed by atoms with Gasteiger partial charge < -0.3 is 4.52 Å². The van der Waals surface area contributed by atoms with E-state index in [0.717, 1.165) is 66.2 Å². The van der Waals surface area contributed by atoms with Crippen LogP contribution in [0.4, 0.5) is 0 Å². The Hall–Kier alpha value is -3.26. The summed E-state index contributed by atoms with van der Waals surface area (Å²) in [4.78, 5) is 22.2. The van der Waals surface area contributed by atoms with Gasteiger partial charge in [0.2, 0.25) is 0 Å². The van der Waals surface area contributed by atoms with E-state index < -0.39 is 0 Å². The Morgan fingerprint density at radius 3 is 3.10 bits per heavy atom. The Bertz CT molecular complexity index is 1200. The Kier molecular flexibility index (Phi) is 4.48. The quantitative estimate of drug-likeness (QED) is 0.576. The molecule has 1 unspecified atom stereocenters. The Labute approximate surface area is 167 Å². The number of aromatic amines is 1. The van der Waals surface area contributed by atoms with Crippen LogP contribution in [0, 0.1) is 6.92 Å². The molecule has 4 aromatic rings. The van der Waals surface area contributed by atoms with Gasteiger partial charge in [-0.3, -0.25) is 14.9 Å². The van der Waals surface area contributed by atoms with E-state index >= 15 is 0 Å². The molecule has 0 radical (unpaired) electrons. The molecule has 0 saturated carbocycles. The molecule has 1 aliphatic rings. The van der Waals surface area contributed by atoms with Crippen molar-refractivity contribution in [2.75, 3.05) is 13.1 Å². The third kappa shape index (κ3) is 3.47. The maximum Gasteiger partial charge on any atom is 0.348 e. The van der Waals surface area contributed by atoms with E-state index in [0.29, 0.717) is 0 Å². The van der Waals surface area contributed by atoms with E-state index in [1.54, 1.807) is 12.4 Å². The second kappa shape index (κ2) is 7.29. The molecular weight excluding hydrogens is 368 g/mol. The topological polar surface area (TPSA) is 92.8 Å². The number of fused-ring (bicyclic) bond motifs is 1. The number of benzene rings is 1. The molecule has 1 aromatic carbocycles. The van der Waals surface area contributed by atoms with Gasteiger partial charge in [0.05, 0.1) is 11.4 Å². The van der Waals surface area contributed by atoms with Gasteiger partial charge in [0.25, 0.3) is 0 Å². The number of H-pyrrole nitrogens is 1. The molecule has 4 heterocycles. The summed E-state index contributed by atoms with van der Waals surface area (Å²) in [7, 11) is 0. The van der Waals surface area contributed by atoms with Crippen LogP contribution in [-0.4, -0.2) is 42.9 Å². The highest BCUT2D eigenvalue weighted by atomic mass is 16.5. The fourth-order valence-electron chi connectivity index (χ4n) is 4.12. The number of nitrogens with one attached hydrogen (secondary N) is 1. The van der Waals surface area contributed by atoms with Crippen LogP contribution in [0.1, 0.15) is 36.0 Å². The van der Waals surface area contributed by atoms with Crippen LogP contribution >= 0.6 is 0 Å². The van der Waals surface area contributed by atoms with Gasteiger partial charge in [0, 0.05) is 48.2 Å². The first-order chi connectivity index (χ1) is 14.2. The Morgan fingerprint density at radius 2 is 2.24 bits per heavy atom. The molecule has 1 fully saturated rings. The highest BCUT2D eigenvalue weighted by molar-refractivity contribution is 5.89. The predicted molar refractivity (Wildman–Crippen MR) is 108 cm³/mol. The highest BCUT2D eigenvalue weighted by Crippen LogP contribution is 2.26. The van der Waals surface area contributed by atoms with Crippen LogP contribution < -0.4 is 5.69 Å². The minimum atomic E-state index is -0.214. The van der Waals surface area contributed by atoms with Crippen molar-refractivity contribution in [1.82, 2.24) is 29.8 Å². The zero-order valence-electron chi connectivity index (χ0n) is 16.2. The molecule has 0 aliphatic carbocycles. The number of pyridine rings is 1. The summed E-state index contributed by atoms with van der Waals surface area (Å²) in [5, 5.41) is 10.7. The smallest absolute Gasteiger partial charge is 0.348 e. The third-order valence-electron chi connectivity index (χ3n) is 5.48. The van der Waals surface area contributed by atoms with Crippen molar-refractivity contribution in [2.24, 2.45) is 0 Å². The lowest BCUT2D eigenvalue weighted by molar-refractivity contribution is 0.191. The molecule has 1 atom stereocenters. The van der Waals surface area contributed by atoms with E-state index in [-0.39, 0.29) is 11.6 Å². The molecule has 1 N–H and O–H groups in total. The highest BCUT2D eigenvalue weighted by Gasteiger charge is 2.25. The Balaban J connectivity index is 1.42. The van der Waals surface area contributed by atoms with Crippen molar-refractivity contribution < 1.29 is 4.52 Å². The SMILES string of the molecule is Cc1cc(CN2CCCC(c3nn(-c4cccc5cnccc45)c(=O)[nH]3)C2)no1. The fraction of sp³-hybridized carbons (Fsp3) is 0.333. The summed E-state index contributed by atoms with van der Waals surface area (Å²) >= 11 is 0. The summed E-state index contributed by atoms with van der Waals surface area (Å²) < 4.78 is 6.65. The first kappa shape index (κ1) is 17.8. The number of likely N-dealkylation sites (tertiary alicyclic amines) is 1. The van der Waals surface area contributed by atoms with Gasteiger partial charge in [-0.2, -0.15) is 4.68 Å². The molecule has 1 saturated heterocycles. The van der Waals surface area contributed by atoms with Crippen molar-refractivity contribution in [2.45, 2.75) is 32.2 Å². The third-order valence-corrected chi connectivity index (χ3v) is 5.48. The van der Waals surface area contributed by atoms with Crippen LogP contribution in [0.5, 0.6) is 0 Å².